The van der Waals surface area contributed by atoms with E-state index in [-0.39, 0.29) is 29.1 Å². The van der Waals surface area contributed by atoms with Crippen LogP contribution in [0.15, 0.2) is 29.1 Å². The van der Waals surface area contributed by atoms with E-state index in [0.717, 1.165) is 55.9 Å². The monoisotopic (exact) mass is 410 g/mol. The standard InChI is InChI=1S/C23H27FN4O2/c24-18-5-1-3-15(11-18)12-27-9-2-4-17(13-27)21-25-20-8-10-28(23(30)16-6-7-16)14-19(20)22(29)26-21/h1,3,5,11,16-17H,2,4,6-10,12-14H2,(H,25,26,29)/t17-/m1/s1. The molecule has 3 heterocycles. The fraction of sp³-hybridized carbons (Fsp3) is 0.522. The summed E-state index contributed by atoms with van der Waals surface area (Å²) in [5, 5.41) is 0. The molecule has 2 aliphatic heterocycles. The smallest absolute Gasteiger partial charge is 0.256 e. The van der Waals surface area contributed by atoms with E-state index in [1.54, 1.807) is 12.1 Å². The molecule has 158 valence electrons. The summed E-state index contributed by atoms with van der Waals surface area (Å²) in [6.07, 6.45) is 4.59. The zero-order valence-electron chi connectivity index (χ0n) is 17.1. The Labute approximate surface area is 175 Å². The number of aromatic amines is 1. The number of benzene rings is 1. The number of carbonyl (C=O) groups is 1. The van der Waals surface area contributed by atoms with Crippen LogP contribution in [0.2, 0.25) is 0 Å². The molecule has 0 spiro atoms. The summed E-state index contributed by atoms with van der Waals surface area (Å²) < 4.78 is 13.5. The zero-order valence-corrected chi connectivity index (χ0v) is 17.1. The summed E-state index contributed by atoms with van der Waals surface area (Å²) in [6, 6.07) is 6.73. The van der Waals surface area contributed by atoms with Gasteiger partial charge in [0.1, 0.15) is 11.6 Å². The molecule has 1 aromatic carbocycles. The topological polar surface area (TPSA) is 69.3 Å². The molecule has 1 N–H and O–H groups in total. The Morgan fingerprint density at radius 3 is 2.90 bits per heavy atom. The Kier molecular flexibility index (Phi) is 5.15. The molecule has 1 aromatic heterocycles. The van der Waals surface area contributed by atoms with E-state index in [0.29, 0.717) is 31.6 Å². The van der Waals surface area contributed by atoms with Gasteiger partial charge in [0.2, 0.25) is 5.91 Å². The normalized spacial score (nSPS) is 22.0. The molecule has 0 radical (unpaired) electrons. The van der Waals surface area contributed by atoms with Gasteiger partial charge in [-0.3, -0.25) is 14.5 Å². The SMILES string of the molecule is O=C(C1CC1)N1CCc2nc([C@@H]3CCCN(Cc4cccc(F)c4)C3)[nH]c(=O)c2C1. The largest absolute Gasteiger partial charge is 0.337 e. The van der Waals surface area contributed by atoms with Crippen molar-refractivity contribution in [3.8, 4) is 0 Å². The van der Waals surface area contributed by atoms with Crippen LogP contribution in [-0.4, -0.2) is 45.3 Å². The molecule has 6 nitrogen and oxygen atoms in total. The summed E-state index contributed by atoms with van der Waals surface area (Å²) in [4.78, 5) is 37.1. The van der Waals surface area contributed by atoms with Gasteiger partial charge in [-0.25, -0.2) is 9.37 Å². The number of carbonyl (C=O) groups excluding carboxylic acids is 1. The van der Waals surface area contributed by atoms with Gasteiger partial charge < -0.3 is 9.88 Å². The first-order valence-electron chi connectivity index (χ1n) is 10.9. The van der Waals surface area contributed by atoms with Gasteiger partial charge in [0.15, 0.2) is 0 Å². The van der Waals surface area contributed by atoms with Crippen LogP contribution in [0.25, 0.3) is 0 Å². The van der Waals surface area contributed by atoms with Crippen LogP contribution < -0.4 is 5.56 Å². The van der Waals surface area contributed by atoms with Crippen LogP contribution in [0, 0.1) is 11.7 Å². The van der Waals surface area contributed by atoms with Crippen LogP contribution >= 0.6 is 0 Å². The van der Waals surface area contributed by atoms with Crippen molar-refractivity contribution in [1.29, 1.82) is 0 Å². The summed E-state index contributed by atoms with van der Waals surface area (Å²) in [7, 11) is 0. The maximum absolute atomic E-state index is 13.5. The number of likely N-dealkylation sites (tertiary alicyclic amines) is 1. The predicted molar refractivity (Wildman–Crippen MR) is 110 cm³/mol. The van der Waals surface area contributed by atoms with Crippen LogP contribution in [0.4, 0.5) is 4.39 Å². The minimum absolute atomic E-state index is 0.106. The second kappa shape index (κ2) is 7.95. The van der Waals surface area contributed by atoms with Gasteiger partial charge in [-0.1, -0.05) is 12.1 Å². The van der Waals surface area contributed by atoms with Crippen LogP contribution in [0.3, 0.4) is 0 Å². The summed E-state index contributed by atoms with van der Waals surface area (Å²) in [5.41, 5.74) is 2.34. The molecule has 5 rings (SSSR count). The number of amides is 1. The third-order valence-corrected chi connectivity index (χ3v) is 6.51. The molecule has 0 bridgehead atoms. The lowest BCUT2D eigenvalue weighted by molar-refractivity contribution is -0.133. The molecule has 0 unspecified atom stereocenters. The van der Waals surface area contributed by atoms with Gasteiger partial charge in [-0.2, -0.15) is 0 Å². The first kappa shape index (κ1) is 19.4. The first-order valence-corrected chi connectivity index (χ1v) is 10.9. The fourth-order valence-electron chi connectivity index (χ4n) is 4.73. The van der Waals surface area contributed by atoms with Crippen molar-refractivity contribution in [2.45, 2.75) is 51.1 Å². The van der Waals surface area contributed by atoms with E-state index in [1.807, 2.05) is 11.0 Å². The van der Waals surface area contributed by atoms with Gasteiger partial charge in [0.05, 0.1) is 17.8 Å². The van der Waals surface area contributed by atoms with Crippen molar-refractivity contribution in [3.63, 3.8) is 0 Å². The lowest BCUT2D eigenvalue weighted by Crippen LogP contribution is -2.41. The molecule has 2 aromatic rings. The molecule has 1 saturated carbocycles. The minimum Gasteiger partial charge on any atom is -0.337 e. The van der Waals surface area contributed by atoms with E-state index in [4.69, 9.17) is 4.98 Å². The Hall–Kier alpha value is -2.54. The Morgan fingerprint density at radius 1 is 1.23 bits per heavy atom. The summed E-state index contributed by atoms with van der Waals surface area (Å²) >= 11 is 0. The number of hydrogen-bond donors (Lipinski definition) is 1. The number of piperidine rings is 1. The predicted octanol–water partition coefficient (Wildman–Crippen LogP) is 2.58. The Morgan fingerprint density at radius 2 is 2.10 bits per heavy atom. The number of fused-ring (bicyclic) bond motifs is 1. The molecule has 30 heavy (non-hydrogen) atoms. The van der Waals surface area contributed by atoms with Gasteiger partial charge in [0, 0.05) is 37.9 Å². The van der Waals surface area contributed by atoms with Gasteiger partial charge >= 0.3 is 0 Å². The number of hydrogen-bond acceptors (Lipinski definition) is 4. The van der Waals surface area contributed by atoms with Crippen LogP contribution in [-0.2, 0) is 24.3 Å². The molecule has 3 aliphatic rings. The van der Waals surface area contributed by atoms with Crippen LogP contribution in [0.5, 0.6) is 0 Å². The maximum Gasteiger partial charge on any atom is 0.256 e. The molecule has 1 saturated heterocycles. The number of aromatic nitrogens is 2. The van der Waals surface area contributed by atoms with Crippen molar-refractivity contribution < 1.29 is 9.18 Å². The van der Waals surface area contributed by atoms with E-state index < -0.39 is 0 Å². The number of nitrogens with zero attached hydrogens (tertiary/aromatic N) is 3. The van der Waals surface area contributed by atoms with E-state index in [9.17, 15) is 14.0 Å². The number of nitrogens with one attached hydrogen (secondary N) is 1. The number of rotatable bonds is 4. The lowest BCUT2D eigenvalue weighted by Gasteiger charge is -2.33. The van der Waals surface area contributed by atoms with Crippen molar-refractivity contribution in [2.75, 3.05) is 19.6 Å². The highest BCUT2D eigenvalue weighted by Gasteiger charge is 2.35. The highest BCUT2D eigenvalue weighted by Crippen LogP contribution is 2.32. The molecular weight excluding hydrogens is 383 g/mol. The Balaban J connectivity index is 1.30. The van der Waals surface area contributed by atoms with Gasteiger partial charge in [0.25, 0.3) is 5.56 Å². The van der Waals surface area contributed by atoms with Crippen molar-refractivity contribution in [2.24, 2.45) is 5.92 Å². The molecule has 7 heteroatoms. The maximum atomic E-state index is 13.5. The second-order valence-corrected chi connectivity index (χ2v) is 8.86. The zero-order chi connectivity index (χ0) is 20.7. The third-order valence-electron chi connectivity index (χ3n) is 6.51. The lowest BCUT2D eigenvalue weighted by atomic mass is 9.96. The van der Waals surface area contributed by atoms with Crippen LogP contribution in [0.1, 0.15) is 54.2 Å². The molecule has 2 fully saturated rings. The van der Waals surface area contributed by atoms with Crippen molar-refractivity contribution in [3.05, 3.63) is 63.1 Å². The highest BCUT2D eigenvalue weighted by molar-refractivity contribution is 5.81. The molecule has 1 atom stereocenters. The number of halogens is 1. The molecule has 1 aliphatic carbocycles. The summed E-state index contributed by atoms with van der Waals surface area (Å²) in [6.45, 7) is 3.48. The van der Waals surface area contributed by atoms with Crippen molar-refractivity contribution in [1.82, 2.24) is 19.8 Å². The average molecular weight is 410 g/mol. The average Bonchev–Trinajstić information content (AvgIpc) is 3.59. The molecule has 1 amide bonds. The second-order valence-electron chi connectivity index (χ2n) is 8.86. The quantitative estimate of drug-likeness (QED) is 0.841. The first-order chi connectivity index (χ1) is 14.6. The fourth-order valence-corrected chi connectivity index (χ4v) is 4.73. The van der Waals surface area contributed by atoms with Gasteiger partial charge in [-0.15, -0.1) is 0 Å². The summed E-state index contributed by atoms with van der Waals surface area (Å²) in [5.74, 6) is 1.06. The van der Waals surface area contributed by atoms with Gasteiger partial charge in [-0.05, 0) is 49.9 Å². The van der Waals surface area contributed by atoms with E-state index >= 15 is 0 Å². The number of H-pyrrole nitrogens is 1. The van der Waals surface area contributed by atoms with E-state index in [2.05, 4.69) is 9.88 Å². The third kappa shape index (κ3) is 4.03. The van der Waals surface area contributed by atoms with Crippen molar-refractivity contribution >= 4 is 5.91 Å². The highest BCUT2D eigenvalue weighted by atomic mass is 19.1. The Bertz CT molecular complexity index is 1020. The minimum atomic E-state index is -0.212. The van der Waals surface area contributed by atoms with E-state index in [1.165, 1.54) is 6.07 Å². The molecular formula is C23H27FN4O2.